The van der Waals surface area contributed by atoms with Crippen LogP contribution in [0.3, 0.4) is 0 Å². The Morgan fingerprint density at radius 3 is 2.50 bits per heavy atom. The van der Waals surface area contributed by atoms with Crippen LogP contribution in [0.5, 0.6) is 0 Å². The lowest BCUT2D eigenvalue weighted by atomic mass is 9.76. The molecule has 96 valence electrons. The minimum Gasteiger partial charge on any atom is -0.395 e. The summed E-state index contributed by atoms with van der Waals surface area (Å²) in [6.45, 7) is 1.85. The van der Waals surface area contributed by atoms with E-state index in [4.69, 9.17) is 0 Å². The first-order chi connectivity index (χ1) is 8.72. The second-order valence-corrected chi connectivity index (χ2v) is 5.53. The first kappa shape index (κ1) is 13.2. The molecular weight excluding hydrogens is 246 g/mol. The van der Waals surface area contributed by atoms with E-state index in [2.05, 4.69) is 4.98 Å². The number of aliphatic hydroxyl groups is 2. The molecule has 2 aromatic rings. The van der Waals surface area contributed by atoms with Crippen LogP contribution in [-0.4, -0.2) is 28.4 Å². The summed E-state index contributed by atoms with van der Waals surface area (Å²) in [5.41, 5.74) is 3.23. The summed E-state index contributed by atoms with van der Waals surface area (Å²) in [6.07, 6.45) is 2.40. The Balaban J connectivity index is 2.40. The van der Waals surface area contributed by atoms with Gasteiger partial charge >= 0.3 is 0 Å². The first-order valence-electron chi connectivity index (χ1n) is 5.87. The molecule has 0 fully saturated rings. The van der Waals surface area contributed by atoms with Crippen molar-refractivity contribution < 1.29 is 10.2 Å². The van der Waals surface area contributed by atoms with Crippen molar-refractivity contribution in [3.05, 3.63) is 52.0 Å². The van der Waals surface area contributed by atoms with Gasteiger partial charge in [-0.15, -0.1) is 11.3 Å². The van der Waals surface area contributed by atoms with Gasteiger partial charge in [-0.2, -0.15) is 0 Å². The number of benzene rings is 1. The Hall–Kier alpha value is -1.23. The van der Waals surface area contributed by atoms with E-state index in [0.717, 1.165) is 16.0 Å². The zero-order valence-corrected chi connectivity index (χ0v) is 11.2. The fourth-order valence-corrected chi connectivity index (χ4v) is 3.00. The van der Waals surface area contributed by atoms with Crippen LogP contribution in [0.2, 0.25) is 0 Å². The molecule has 0 aliphatic carbocycles. The van der Waals surface area contributed by atoms with Gasteiger partial charge in [-0.3, -0.25) is 4.98 Å². The van der Waals surface area contributed by atoms with Gasteiger partial charge in [0.1, 0.15) is 0 Å². The molecular formula is C14H17NO2S. The minimum atomic E-state index is -0.627. The van der Waals surface area contributed by atoms with Crippen LogP contribution in [0.15, 0.2) is 36.0 Å². The summed E-state index contributed by atoms with van der Waals surface area (Å²) >= 11 is 1.55. The second kappa shape index (κ2) is 5.61. The van der Waals surface area contributed by atoms with Crippen LogP contribution in [-0.2, 0) is 11.8 Å². The summed E-state index contributed by atoms with van der Waals surface area (Å²) in [5.74, 6) is 0. The van der Waals surface area contributed by atoms with E-state index in [-0.39, 0.29) is 13.2 Å². The molecule has 2 N–H and O–H groups in total. The topological polar surface area (TPSA) is 53.4 Å². The van der Waals surface area contributed by atoms with Crippen molar-refractivity contribution in [2.75, 3.05) is 13.2 Å². The Kier molecular flexibility index (Phi) is 4.11. The number of nitrogens with zero attached hydrogens (tertiary/aromatic N) is 1. The molecule has 0 amide bonds. The Bertz CT molecular complexity index is 492. The maximum absolute atomic E-state index is 9.78. The van der Waals surface area contributed by atoms with Gasteiger partial charge in [0, 0.05) is 16.5 Å². The monoisotopic (exact) mass is 263 g/mol. The van der Waals surface area contributed by atoms with Crippen LogP contribution in [0.1, 0.15) is 16.0 Å². The highest BCUT2D eigenvalue weighted by Crippen LogP contribution is 2.31. The van der Waals surface area contributed by atoms with E-state index in [1.807, 2.05) is 31.2 Å². The van der Waals surface area contributed by atoms with Gasteiger partial charge < -0.3 is 10.2 Å². The molecule has 0 unspecified atom stereocenters. The summed E-state index contributed by atoms with van der Waals surface area (Å²) in [7, 11) is 0. The predicted octanol–water partition coefficient (Wildman–Crippen LogP) is 1.92. The molecule has 1 aromatic carbocycles. The highest BCUT2D eigenvalue weighted by Gasteiger charge is 2.33. The lowest BCUT2D eigenvalue weighted by molar-refractivity contribution is 0.116. The third kappa shape index (κ3) is 2.46. The number of thiazole rings is 1. The standard InChI is InChI=1S/C14H17NO2S/c1-11-4-2-3-5-13(11)14(8-16,9-17)6-12-7-15-10-18-12/h2-5,7,10,16-17H,6,8-9H2,1H3. The quantitative estimate of drug-likeness (QED) is 0.866. The molecule has 0 saturated carbocycles. The number of aromatic nitrogens is 1. The van der Waals surface area contributed by atoms with Gasteiger partial charge in [-0.1, -0.05) is 24.3 Å². The average Bonchev–Trinajstić information content (AvgIpc) is 2.90. The third-order valence-electron chi connectivity index (χ3n) is 3.32. The van der Waals surface area contributed by atoms with E-state index < -0.39 is 5.41 Å². The maximum atomic E-state index is 9.78. The summed E-state index contributed by atoms with van der Waals surface area (Å²) < 4.78 is 0. The third-order valence-corrected chi connectivity index (χ3v) is 4.10. The van der Waals surface area contributed by atoms with Crippen LogP contribution >= 0.6 is 11.3 Å². The van der Waals surface area contributed by atoms with Crippen molar-refractivity contribution in [2.24, 2.45) is 0 Å². The van der Waals surface area contributed by atoms with Gasteiger partial charge in [-0.05, 0) is 24.5 Å². The molecule has 18 heavy (non-hydrogen) atoms. The highest BCUT2D eigenvalue weighted by molar-refractivity contribution is 7.09. The van der Waals surface area contributed by atoms with E-state index >= 15 is 0 Å². The molecule has 3 nitrogen and oxygen atoms in total. The van der Waals surface area contributed by atoms with Crippen molar-refractivity contribution in [1.82, 2.24) is 4.98 Å². The van der Waals surface area contributed by atoms with Crippen molar-refractivity contribution in [3.63, 3.8) is 0 Å². The Labute approximate surface area is 111 Å². The zero-order valence-electron chi connectivity index (χ0n) is 10.3. The zero-order chi connectivity index (χ0) is 13.0. The maximum Gasteiger partial charge on any atom is 0.0794 e. The molecule has 0 aliphatic rings. The highest BCUT2D eigenvalue weighted by atomic mass is 32.1. The van der Waals surface area contributed by atoms with E-state index in [0.29, 0.717) is 6.42 Å². The fourth-order valence-electron chi connectivity index (χ4n) is 2.26. The van der Waals surface area contributed by atoms with Crippen LogP contribution in [0, 0.1) is 6.92 Å². The van der Waals surface area contributed by atoms with Gasteiger partial charge in [-0.25, -0.2) is 0 Å². The molecule has 2 rings (SSSR count). The summed E-state index contributed by atoms with van der Waals surface area (Å²) in [6, 6.07) is 7.88. The molecule has 0 aliphatic heterocycles. The SMILES string of the molecule is Cc1ccccc1C(CO)(CO)Cc1cncs1. The molecule has 1 heterocycles. The summed E-state index contributed by atoms with van der Waals surface area (Å²) in [4.78, 5) is 5.12. The molecule has 4 heteroatoms. The number of hydrogen-bond donors (Lipinski definition) is 2. The fraction of sp³-hybridized carbons (Fsp3) is 0.357. The number of aryl methyl sites for hydroxylation is 1. The van der Waals surface area contributed by atoms with E-state index in [1.165, 1.54) is 0 Å². The van der Waals surface area contributed by atoms with Gasteiger partial charge in [0.25, 0.3) is 0 Å². The van der Waals surface area contributed by atoms with Crippen LogP contribution in [0.25, 0.3) is 0 Å². The largest absolute Gasteiger partial charge is 0.395 e. The number of rotatable bonds is 5. The normalized spacial score (nSPS) is 11.7. The first-order valence-corrected chi connectivity index (χ1v) is 6.75. The Morgan fingerprint density at radius 1 is 1.22 bits per heavy atom. The van der Waals surface area contributed by atoms with Crippen molar-refractivity contribution >= 4 is 11.3 Å². The molecule has 1 aromatic heterocycles. The smallest absolute Gasteiger partial charge is 0.0794 e. The molecule has 0 atom stereocenters. The van der Waals surface area contributed by atoms with Crippen molar-refractivity contribution in [2.45, 2.75) is 18.8 Å². The molecule has 0 radical (unpaired) electrons. The molecule has 0 spiro atoms. The van der Waals surface area contributed by atoms with E-state index in [9.17, 15) is 10.2 Å². The average molecular weight is 263 g/mol. The molecule has 0 saturated heterocycles. The lowest BCUT2D eigenvalue weighted by Gasteiger charge is -2.31. The number of hydrogen-bond acceptors (Lipinski definition) is 4. The van der Waals surface area contributed by atoms with Gasteiger partial charge in [0.05, 0.1) is 18.7 Å². The lowest BCUT2D eigenvalue weighted by Crippen LogP contribution is -2.37. The van der Waals surface area contributed by atoms with Crippen LogP contribution in [0.4, 0.5) is 0 Å². The van der Waals surface area contributed by atoms with Crippen molar-refractivity contribution in [3.8, 4) is 0 Å². The Morgan fingerprint density at radius 2 is 1.94 bits per heavy atom. The van der Waals surface area contributed by atoms with Crippen molar-refractivity contribution in [1.29, 1.82) is 0 Å². The van der Waals surface area contributed by atoms with Crippen LogP contribution < -0.4 is 0 Å². The van der Waals surface area contributed by atoms with E-state index in [1.54, 1.807) is 23.0 Å². The van der Waals surface area contributed by atoms with Gasteiger partial charge in [0.2, 0.25) is 0 Å². The number of aliphatic hydroxyl groups excluding tert-OH is 2. The molecule has 0 bridgehead atoms. The minimum absolute atomic E-state index is 0.0771. The second-order valence-electron chi connectivity index (χ2n) is 4.56. The van der Waals surface area contributed by atoms with Gasteiger partial charge in [0.15, 0.2) is 0 Å². The summed E-state index contributed by atoms with van der Waals surface area (Å²) in [5, 5.41) is 19.6. The predicted molar refractivity (Wildman–Crippen MR) is 72.8 cm³/mol.